The Hall–Kier alpha value is -1.68. The van der Waals surface area contributed by atoms with Gasteiger partial charge in [0.25, 0.3) is 0 Å². The first-order valence-electron chi connectivity index (χ1n) is 8.19. The molecule has 23 heavy (non-hydrogen) atoms. The standard InChI is InChI=1S/C19H21FO3/c1-9-6-10(2)13(11(3)7-9)15-17(21)14-12-4-5-19(8-20,23-12)16(14)18(15)22/h6-7,12,14,16,21H,4-5,8H2,1-3H3/t12-,14-,16+,19?/m0/s1. The Morgan fingerprint density at radius 3 is 2.57 bits per heavy atom. The van der Waals surface area contributed by atoms with E-state index in [-0.39, 0.29) is 23.6 Å². The van der Waals surface area contributed by atoms with E-state index in [1.54, 1.807) is 0 Å². The molecular formula is C19H21FO3. The fraction of sp³-hybridized carbons (Fsp3) is 0.526. The van der Waals surface area contributed by atoms with E-state index in [0.29, 0.717) is 18.4 Å². The Balaban J connectivity index is 1.88. The maximum Gasteiger partial charge on any atom is 0.173 e. The van der Waals surface area contributed by atoms with Crippen LogP contribution in [-0.4, -0.2) is 29.3 Å². The molecule has 122 valence electrons. The molecule has 2 saturated heterocycles. The molecule has 4 rings (SSSR count). The van der Waals surface area contributed by atoms with E-state index in [4.69, 9.17) is 4.74 Å². The van der Waals surface area contributed by atoms with E-state index < -0.39 is 18.2 Å². The third-order valence-electron chi connectivity index (χ3n) is 5.82. The molecule has 0 spiro atoms. The number of ether oxygens (including phenoxy) is 1. The van der Waals surface area contributed by atoms with Crippen molar-refractivity contribution in [1.82, 2.24) is 0 Å². The zero-order valence-electron chi connectivity index (χ0n) is 13.6. The van der Waals surface area contributed by atoms with Crippen molar-refractivity contribution in [2.45, 2.75) is 45.3 Å². The first-order valence-corrected chi connectivity index (χ1v) is 8.19. The lowest BCUT2D eigenvalue weighted by atomic mass is 9.72. The van der Waals surface area contributed by atoms with Crippen LogP contribution in [0.4, 0.5) is 4.39 Å². The molecule has 3 aliphatic rings. The maximum atomic E-state index is 13.7. The van der Waals surface area contributed by atoms with Crippen LogP contribution < -0.4 is 0 Å². The van der Waals surface area contributed by atoms with E-state index >= 15 is 0 Å². The summed E-state index contributed by atoms with van der Waals surface area (Å²) in [5, 5.41) is 10.8. The molecule has 1 unspecified atom stereocenters. The van der Waals surface area contributed by atoms with Gasteiger partial charge in [0.2, 0.25) is 0 Å². The van der Waals surface area contributed by atoms with E-state index in [2.05, 4.69) is 0 Å². The molecular weight excluding hydrogens is 295 g/mol. The molecule has 1 N–H and O–H groups in total. The van der Waals surface area contributed by atoms with Crippen molar-refractivity contribution in [1.29, 1.82) is 0 Å². The van der Waals surface area contributed by atoms with Crippen LogP contribution in [0.5, 0.6) is 0 Å². The van der Waals surface area contributed by atoms with Crippen molar-refractivity contribution in [3.05, 3.63) is 40.1 Å². The summed E-state index contributed by atoms with van der Waals surface area (Å²) in [6.07, 6.45) is 1.04. The van der Waals surface area contributed by atoms with Crippen LogP contribution in [0, 0.1) is 32.6 Å². The van der Waals surface area contributed by atoms with Gasteiger partial charge in [-0.3, -0.25) is 4.79 Å². The number of carbonyl (C=O) groups is 1. The number of rotatable bonds is 2. The second-order valence-corrected chi connectivity index (χ2v) is 7.30. The lowest BCUT2D eigenvalue weighted by Gasteiger charge is -2.29. The average molecular weight is 316 g/mol. The number of ketones is 1. The highest BCUT2D eigenvalue weighted by Crippen LogP contribution is 2.59. The quantitative estimate of drug-likeness (QED) is 0.907. The van der Waals surface area contributed by atoms with Crippen LogP contribution in [-0.2, 0) is 9.53 Å². The Labute approximate surface area is 135 Å². The number of benzene rings is 1. The van der Waals surface area contributed by atoms with Crippen molar-refractivity contribution < 1.29 is 19.0 Å². The number of Topliss-reactive ketones (excluding diaryl/α,β-unsaturated/α-hetero) is 1. The van der Waals surface area contributed by atoms with Gasteiger partial charge in [-0.05, 0) is 50.3 Å². The first-order chi connectivity index (χ1) is 10.9. The molecule has 1 aromatic carbocycles. The molecule has 0 radical (unpaired) electrons. The van der Waals surface area contributed by atoms with Gasteiger partial charge >= 0.3 is 0 Å². The first kappa shape index (κ1) is 14.9. The van der Waals surface area contributed by atoms with Crippen LogP contribution in [0.2, 0.25) is 0 Å². The average Bonchev–Trinajstić information content (AvgIpc) is 3.12. The van der Waals surface area contributed by atoms with Gasteiger partial charge in [0.1, 0.15) is 18.0 Å². The highest BCUT2D eigenvalue weighted by molar-refractivity contribution is 6.26. The topological polar surface area (TPSA) is 46.5 Å². The number of hydrogen-bond acceptors (Lipinski definition) is 3. The molecule has 0 saturated carbocycles. The van der Waals surface area contributed by atoms with Gasteiger partial charge < -0.3 is 9.84 Å². The van der Waals surface area contributed by atoms with Crippen LogP contribution in [0.15, 0.2) is 17.9 Å². The molecule has 2 aliphatic heterocycles. The van der Waals surface area contributed by atoms with E-state index in [1.807, 2.05) is 32.9 Å². The number of alkyl halides is 1. The van der Waals surface area contributed by atoms with Crippen LogP contribution in [0.25, 0.3) is 5.57 Å². The van der Waals surface area contributed by atoms with Crippen molar-refractivity contribution in [3.8, 4) is 0 Å². The van der Waals surface area contributed by atoms with Crippen molar-refractivity contribution in [2.24, 2.45) is 11.8 Å². The van der Waals surface area contributed by atoms with Gasteiger partial charge in [0.15, 0.2) is 5.78 Å². The molecule has 2 bridgehead atoms. The van der Waals surface area contributed by atoms with Gasteiger partial charge in [0, 0.05) is 0 Å². The Morgan fingerprint density at radius 1 is 1.30 bits per heavy atom. The summed E-state index contributed by atoms with van der Waals surface area (Å²) >= 11 is 0. The third kappa shape index (κ3) is 1.76. The second-order valence-electron chi connectivity index (χ2n) is 7.30. The molecule has 3 nitrogen and oxygen atoms in total. The number of carbonyl (C=O) groups excluding carboxylic acids is 1. The highest BCUT2D eigenvalue weighted by atomic mass is 19.1. The molecule has 2 fully saturated rings. The number of allylic oxidation sites excluding steroid dienone is 1. The monoisotopic (exact) mass is 316 g/mol. The molecule has 0 aromatic heterocycles. The van der Waals surface area contributed by atoms with Gasteiger partial charge in [-0.25, -0.2) is 4.39 Å². The Kier molecular flexibility index (Phi) is 3.02. The molecule has 1 aromatic rings. The maximum absolute atomic E-state index is 13.7. The number of aliphatic hydroxyl groups excluding tert-OH is 1. The molecule has 1 aliphatic carbocycles. The minimum atomic E-state index is -1.02. The van der Waals surface area contributed by atoms with Crippen molar-refractivity contribution >= 4 is 11.4 Å². The molecule has 2 heterocycles. The number of halogens is 1. The summed E-state index contributed by atoms with van der Waals surface area (Å²) in [6, 6.07) is 4.03. The summed E-state index contributed by atoms with van der Waals surface area (Å²) in [4.78, 5) is 13.1. The zero-order chi connectivity index (χ0) is 16.5. The van der Waals surface area contributed by atoms with Crippen LogP contribution in [0.1, 0.15) is 35.1 Å². The van der Waals surface area contributed by atoms with Gasteiger partial charge in [-0.1, -0.05) is 17.7 Å². The minimum absolute atomic E-state index is 0.107. The fourth-order valence-electron chi connectivity index (χ4n) is 5.02. The van der Waals surface area contributed by atoms with E-state index in [1.165, 1.54) is 0 Å². The Bertz CT molecular complexity index is 728. The SMILES string of the molecule is Cc1cc(C)c(C2=C(O)[C@H]3[C@@H]4CCC(CF)(O4)[C@H]3C2=O)c(C)c1. The number of aliphatic hydroxyl groups is 1. The van der Waals surface area contributed by atoms with Crippen LogP contribution >= 0.6 is 0 Å². The Morgan fingerprint density at radius 2 is 1.96 bits per heavy atom. The predicted octanol–water partition coefficient (Wildman–Crippen LogP) is 3.60. The summed E-state index contributed by atoms with van der Waals surface area (Å²) in [6.45, 7) is 5.25. The third-order valence-corrected chi connectivity index (χ3v) is 5.82. The summed E-state index contributed by atoms with van der Waals surface area (Å²) in [5.74, 6) is -0.985. The van der Waals surface area contributed by atoms with Gasteiger partial charge in [-0.2, -0.15) is 0 Å². The minimum Gasteiger partial charge on any atom is -0.511 e. The zero-order valence-corrected chi connectivity index (χ0v) is 13.6. The van der Waals surface area contributed by atoms with E-state index in [0.717, 1.165) is 22.3 Å². The predicted molar refractivity (Wildman–Crippen MR) is 85.0 cm³/mol. The summed E-state index contributed by atoms with van der Waals surface area (Å²) in [5.41, 5.74) is 3.25. The normalized spacial score (nSPS) is 35.3. The lowest BCUT2D eigenvalue weighted by Crippen LogP contribution is -2.42. The smallest absolute Gasteiger partial charge is 0.173 e. The van der Waals surface area contributed by atoms with Crippen molar-refractivity contribution in [3.63, 3.8) is 0 Å². The summed E-state index contributed by atoms with van der Waals surface area (Å²) in [7, 11) is 0. The molecule has 4 heteroatoms. The van der Waals surface area contributed by atoms with E-state index in [9.17, 15) is 14.3 Å². The molecule has 0 amide bonds. The summed E-state index contributed by atoms with van der Waals surface area (Å²) < 4.78 is 19.5. The van der Waals surface area contributed by atoms with Gasteiger partial charge in [0.05, 0.1) is 23.5 Å². The number of fused-ring (bicyclic) bond motifs is 5. The fourth-order valence-corrected chi connectivity index (χ4v) is 5.02. The second kappa shape index (κ2) is 4.67. The highest BCUT2D eigenvalue weighted by Gasteiger charge is 2.67. The van der Waals surface area contributed by atoms with Crippen molar-refractivity contribution in [2.75, 3.05) is 6.67 Å². The van der Waals surface area contributed by atoms with Gasteiger partial charge in [-0.15, -0.1) is 0 Å². The van der Waals surface area contributed by atoms with Crippen LogP contribution in [0.3, 0.4) is 0 Å². The molecule has 4 atom stereocenters. The number of aryl methyl sites for hydroxylation is 3. The largest absolute Gasteiger partial charge is 0.511 e. The lowest BCUT2D eigenvalue weighted by molar-refractivity contribution is -0.123. The number of hydrogen-bond donors (Lipinski definition) is 1.